The maximum atomic E-state index is 12.4. The molecule has 154 valence electrons. The van der Waals surface area contributed by atoms with Crippen LogP contribution in [-0.4, -0.2) is 28.3 Å². The van der Waals surface area contributed by atoms with Gasteiger partial charge in [-0.3, -0.25) is 4.79 Å². The van der Waals surface area contributed by atoms with Crippen LogP contribution in [0.2, 0.25) is 0 Å². The quantitative estimate of drug-likeness (QED) is 0.520. The Hall–Kier alpha value is -3.12. The summed E-state index contributed by atoms with van der Waals surface area (Å²) in [5.74, 6) is 0.935. The van der Waals surface area contributed by atoms with E-state index in [0.29, 0.717) is 12.2 Å². The molecular weight excluding hydrogens is 378 g/mol. The molecule has 2 aromatic carbocycles. The molecule has 2 atom stereocenters. The Morgan fingerprint density at radius 3 is 2.87 bits per heavy atom. The van der Waals surface area contributed by atoms with E-state index >= 15 is 0 Å². The van der Waals surface area contributed by atoms with Gasteiger partial charge in [0.15, 0.2) is 6.23 Å². The van der Waals surface area contributed by atoms with Crippen molar-refractivity contribution < 1.29 is 13.9 Å². The predicted octanol–water partition coefficient (Wildman–Crippen LogP) is 5.01. The summed E-state index contributed by atoms with van der Waals surface area (Å²) in [6.07, 6.45) is 3.51. The molecule has 30 heavy (non-hydrogen) atoms. The number of fused-ring (bicyclic) bond motifs is 2. The van der Waals surface area contributed by atoms with Crippen LogP contribution in [-0.2, 0) is 4.74 Å². The first-order chi connectivity index (χ1) is 14.6. The van der Waals surface area contributed by atoms with E-state index in [2.05, 4.69) is 22.5 Å². The first-order valence-electron chi connectivity index (χ1n) is 10.5. The van der Waals surface area contributed by atoms with E-state index in [1.54, 1.807) is 6.20 Å². The third-order valence-electron chi connectivity index (χ3n) is 5.62. The van der Waals surface area contributed by atoms with Gasteiger partial charge in [-0.1, -0.05) is 18.2 Å². The molecule has 4 aromatic rings. The van der Waals surface area contributed by atoms with Gasteiger partial charge >= 0.3 is 0 Å². The molecule has 1 fully saturated rings. The van der Waals surface area contributed by atoms with Gasteiger partial charge in [0.05, 0.1) is 17.6 Å². The number of rotatable bonds is 4. The van der Waals surface area contributed by atoms with Crippen molar-refractivity contribution >= 4 is 27.8 Å². The molecule has 6 heteroatoms. The molecule has 0 radical (unpaired) electrons. The SMILES string of the molecule is CC(C)NC(=O)c1ccc2c(cnn2C2OCCCC2c2cc3ccccc3o2)c1. The van der Waals surface area contributed by atoms with Crippen LogP contribution in [0.25, 0.3) is 21.9 Å². The lowest BCUT2D eigenvalue weighted by Crippen LogP contribution is -2.30. The van der Waals surface area contributed by atoms with Crippen molar-refractivity contribution in [2.45, 2.75) is 44.9 Å². The summed E-state index contributed by atoms with van der Waals surface area (Å²) in [4.78, 5) is 12.4. The van der Waals surface area contributed by atoms with Gasteiger partial charge < -0.3 is 14.5 Å². The molecule has 1 aliphatic heterocycles. The van der Waals surface area contributed by atoms with E-state index in [1.165, 1.54) is 0 Å². The summed E-state index contributed by atoms with van der Waals surface area (Å²) < 4.78 is 14.3. The number of aromatic nitrogens is 2. The number of nitrogens with zero attached hydrogens (tertiary/aromatic N) is 2. The lowest BCUT2D eigenvalue weighted by Gasteiger charge is -2.31. The van der Waals surface area contributed by atoms with Gasteiger partial charge in [0, 0.05) is 29.0 Å². The highest BCUT2D eigenvalue weighted by Gasteiger charge is 2.33. The number of para-hydroxylation sites is 1. The van der Waals surface area contributed by atoms with Crippen molar-refractivity contribution in [2.75, 3.05) is 6.61 Å². The molecule has 1 aliphatic rings. The number of carbonyl (C=O) groups excluding carboxylic acids is 1. The Morgan fingerprint density at radius 2 is 2.03 bits per heavy atom. The number of ether oxygens (including phenoxy) is 1. The van der Waals surface area contributed by atoms with E-state index < -0.39 is 0 Å². The summed E-state index contributed by atoms with van der Waals surface area (Å²) in [5.41, 5.74) is 2.47. The molecule has 1 N–H and O–H groups in total. The minimum atomic E-state index is -0.243. The predicted molar refractivity (Wildman–Crippen MR) is 116 cm³/mol. The largest absolute Gasteiger partial charge is 0.461 e. The highest BCUT2D eigenvalue weighted by molar-refractivity contribution is 5.98. The van der Waals surface area contributed by atoms with Crippen LogP contribution in [0.3, 0.4) is 0 Å². The molecular formula is C24H25N3O3. The highest BCUT2D eigenvalue weighted by atomic mass is 16.5. The summed E-state index contributed by atoms with van der Waals surface area (Å²) in [6.45, 7) is 4.60. The molecule has 6 nitrogen and oxygen atoms in total. The molecule has 0 bridgehead atoms. The number of hydrogen-bond donors (Lipinski definition) is 1. The van der Waals surface area contributed by atoms with Crippen LogP contribution < -0.4 is 5.32 Å². The highest BCUT2D eigenvalue weighted by Crippen LogP contribution is 2.40. The zero-order valence-corrected chi connectivity index (χ0v) is 17.2. The Balaban J connectivity index is 1.50. The molecule has 2 aromatic heterocycles. The number of benzene rings is 2. The second-order valence-corrected chi connectivity index (χ2v) is 8.19. The fourth-order valence-electron chi connectivity index (χ4n) is 4.22. The average molecular weight is 403 g/mol. The standard InChI is InChI=1S/C24H25N3O3/c1-15(2)26-23(28)17-9-10-20-18(12-17)14-25-27(20)24-19(7-5-11-29-24)22-13-16-6-3-4-8-21(16)30-22/h3-4,6,8-10,12-15,19,24H,5,7,11H2,1-2H3,(H,26,28). The van der Waals surface area contributed by atoms with Crippen LogP contribution in [0.1, 0.15) is 55.0 Å². The van der Waals surface area contributed by atoms with Gasteiger partial charge in [-0.2, -0.15) is 5.10 Å². The van der Waals surface area contributed by atoms with Crippen molar-refractivity contribution in [3.8, 4) is 0 Å². The lowest BCUT2D eigenvalue weighted by molar-refractivity contribution is -0.0574. The first kappa shape index (κ1) is 18.9. The topological polar surface area (TPSA) is 69.3 Å². The molecule has 5 rings (SSSR count). The Kier molecular flexibility index (Phi) is 4.79. The van der Waals surface area contributed by atoms with Crippen molar-refractivity contribution in [2.24, 2.45) is 0 Å². The van der Waals surface area contributed by atoms with E-state index in [4.69, 9.17) is 9.15 Å². The van der Waals surface area contributed by atoms with Crippen molar-refractivity contribution in [1.29, 1.82) is 0 Å². The second-order valence-electron chi connectivity index (χ2n) is 8.19. The number of carbonyl (C=O) groups is 1. The van der Waals surface area contributed by atoms with Crippen LogP contribution in [0.15, 0.2) is 59.1 Å². The average Bonchev–Trinajstić information content (AvgIpc) is 3.37. The van der Waals surface area contributed by atoms with Crippen molar-refractivity contribution in [3.05, 3.63) is 66.1 Å². The van der Waals surface area contributed by atoms with E-state index in [9.17, 15) is 4.79 Å². The van der Waals surface area contributed by atoms with Gasteiger partial charge in [-0.15, -0.1) is 0 Å². The fraction of sp³-hybridized carbons (Fsp3) is 0.333. The molecule has 1 saturated heterocycles. The van der Waals surface area contributed by atoms with Crippen LogP contribution in [0, 0.1) is 0 Å². The Morgan fingerprint density at radius 1 is 1.17 bits per heavy atom. The van der Waals surface area contributed by atoms with E-state index in [0.717, 1.165) is 40.5 Å². The number of furan rings is 1. The minimum Gasteiger partial charge on any atom is -0.461 e. The van der Waals surface area contributed by atoms with Gasteiger partial charge in [0.25, 0.3) is 5.91 Å². The molecule has 0 saturated carbocycles. The van der Waals surface area contributed by atoms with E-state index in [-0.39, 0.29) is 24.1 Å². The third-order valence-corrected chi connectivity index (χ3v) is 5.62. The molecule has 1 amide bonds. The zero-order valence-electron chi connectivity index (χ0n) is 17.2. The lowest BCUT2D eigenvalue weighted by atomic mass is 9.96. The van der Waals surface area contributed by atoms with Gasteiger partial charge in [-0.25, -0.2) is 4.68 Å². The summed E-state index contributed by atoms with van der Waals surface area (Å²) in [6, 6.07) is 15.9. The second kappa shape index (κ2) is 7.61. The third kappa shape index (κ3) is 3.37. The summed E-state index contributed by atoms with van der Waals surface area (Å²) in [7, 11) is 0. The maximum Gasteiger partial charge on any atom is 0.251 e. The van der Waals surface area contributed by atoms with Crippen LogP contribution in [0.5, 0.6) is 0 Å². The van der Waals surface area contributed by atoms with Gasteiger partial charge in [0.2, 0.25) is 0 Å². The molecule has 0 spiro atoms. The van der Waals surface area contributed by atoms with Crippen LogP contribution in [0.4, 0.5) is 0 Å². The number of hydrogen-bond acceptors (Lipinski definition) is 4. The Labute approximate surface area is 174 Å². The van der Waals surface area contributed by atoms with Crippen molar-refractivity contribution in [3.63, 3.8) is 0 Å². The number of amides is 1. The van der Waals surface area contributed by atoms with Gasteiger partial charge in [0.1, 0.15) is 11.3 Å². The Bertz CT molecular complexity index is 1170. The van der Waals surface area contributed by atoms with Gasteiger partial charge in [-0.05, 0) is 57.0 Å². The monoisotopic (exact) mass is 403 g/mol. The van der Waals surface area contributed by atoms with Crippen LogP contribution >= 0.6 is 0 Å². The van der Waals surface area contributed by atoms with E-state index in [1.807, 2.05) is 54.9 Å². The first-order valence-corrected chi connectivity index (χ1v) is 10.5. The maximum absolute atomic E-state index is 12.4. The fourth-order valence-corrected chi connectivity index (χ4v) is 4.22. The summed E-state index contributed by atoms with van der Waals surface area (Å²) in [5, 5.41) is 9.58. The minimum absolute atomic E-state index is 0.0753. The normalized spacial score (nSPS) is 19.6. The molecule has 3 heterocycles. The van der Waals surface area contributed by atoms with Crippen molar-refractivity contribution in [1.82, 2.24) is 15.1 Å². The zero-order chi connectivity index (χ0) is 20.7. The number of nitrogens with one attached hydrogen (secondary N) is 1. The molecule has 2 unspecified atom stereocenters. The molecule has 0 aliphatic carbocycles. The summed E-state index contributed by atoms with van der Waals surface area (Å²) >= 11 is 0. The smallest absolute Gasteiger partial charge is 0.251 e.